The van der Waals surface area contributed by atoms with E-state index in [-0.39, 0.29) is 5.97 Å². The molecule has 4 heteroatoms. The smallest absolute Gasteiger partial charge is 0.343 e. The van der Waals surface area contributed by atoms with Gasteiger partial charge in [-0.25, -0.2) is 9.59 Å². The maximum Gasteiger partial charge on any atom is 0.343 e. The van der Waals surface area contributed by atoms with Crippen molar-refractivity contribution in [1.82, 2.24) is 0 Å². The molecule has 0 aliphatic carbocycles. The molecule has 0 saturated carbocycles. The molecule has 0 N–H and O–H groups in total. The van der Waals surface area contributed by atoms with Crippen LogP contribution < -0.4 is 4.74 Å². The number of rotatable bonds is 22. The molecule has 3 aromatic carbocycles. The molecule has 0 aromatic heterocycles. The van der Waals surface area contributed by atoms with E-state index >= 15 is 0 Å². The van der Waals surface area contributed by atoms with Crippen molar-refractivity contribution in [3.05, 3.63) is 89.5 Å². The van der Waals surface area contributed by atoms with Crippen molar-refractivity contribution in [2.24, 2.45) is 5.92 Å². The van der Waals surface area contributed by atoms with Crippen molar-refractivity contribution in [3.63, 3.8) is 0 Å². The summed E-state index contributed by atoms with van der Waals surface area (Å²) in [6.45, 7) is 6.78. The summed E-state index contributed by atoms with van der Waals surface area (Å²) >= 11 is 0. The summed E-state index contributed by atoms with van der Waals surface area (Å²) in [5, 5.41) is 0. The van der Waals surface area contributed by atoms with Gasteiger partial charge in [-0.1, -0.05) is 147 Å². The van der Waals surface area contributed by atoms with Crippen LogP contribution in [0.1, 0.15) is 143 Å². The highest BCUT2D eigenvalue weighted by atomic mass is 16.5. The molecule has 1 atom stereocenters. The van der Waals surface area contributed by atoms with E-state index in [2.05, 4.69) is 38.1 Å². The lowest BCUT2D eigenvalue weighted by molar-refractivity contribution is 0.0447. The Morgan fingerprint density at radius 3 is 1.51 bits per heavy atom. The van der Waals surface area contributed by atoms with E-state index in [1.807, 2.05) is 19.1 Å². The second kappa shape index (κ2) is 21.4. The number of ether oxygens (including phenoxy) is 2. The molecule has 3 aromatic rings. The van der Waals surface area contributed by atoms with Crippen molar-refractivity contribution in [2.75, 3.05) is 6.61 Å². The Bertz CT molecular complexity index is 1230. The highest BCUT2D eigenvalue weighted by Gasteiger charge is 2.12. The molecule has 1 unspecified atom stereocenters. The molecular formula is C41H56O4. The predicted molar refractivity (Wildman–Crippen MR) is 187 cm³/mol. The van der Waals surface area contributed by atoms with E-state index in [1.165, 1.54) is 95.5 Å². The number of carbonyl (C=O) groups is 2. The molecule has 0 aliphatic rings. The Labute approximate surface area is 272 Å². The Balaban J connectivity index is 1.31. The van der Waals surface area contributed by atoms with Crippen LogP contribution in [-0.2, 0) is 11.2 Å². The van der Waals surface area contributed by atoms with Crippen LogP contribution in [0, 0.1) is 5.92 Å². The predicted octanol–water partition coefficient (Wildman–Crippen LogP) is 11.8. The third-order valence-corrected chi connectivity index (χ3v) is 8.72. The van der Waals surface area contributed by atoms with Crippen LogP contribution in [0.15, 0.2) is 72.8 Å². The van der Waals surface area contributed by atoms with Crippen LogP contribution in [-0.4, -0.2) is 18.5 Å². The molecule has 0 radical (unpaired) electrons. The molecule has 45 heavy (non-hydrogen) atoms. The topological polar surface area (TPSA) is 52.6 Å². The Morgan fingerprint density at radius 2 is 1.00 bits per heavy atom. The average Bonchev–Trinajstić information content (AvgIpc) is 3.07. The summed E-state index contributed by atoms with van der Waals surface area (Å²) in [5.74, 6) is -0.0932. The summed E-state index contributed by atoms with van der Waals surface area (Å²) in [5.41, 5.74) is 4.50. The van der Waals surface area contributed by atoms with Crippen LogP contribution in [0.5, 0.6) is 5.75 Å². The molecule has 0 heterocycles. The lowest BCUT2D eigenvalue weighted by Gasteiger charge is -2.10. The van der Waals surface area contributed by atoms with Crippen molar-refractivity contribution in [1.29, 1.82) is 0 Å². The van der Waals surface area contributed by atoms with Crippen molar-refractivity contribution in [3.8, 4) is 16.9 Å². The minimum absolute atomic E-state index is 0.323. The van der Waals surface area contributed by atoms with Gasteiger partial charge in [0.1, 0.15) is 5.75 Å². The SMILES string of the molecule is CCCCCCCCCCCCCCCCc1ccc(-c2ccc(C(=O)Oc3ccc(C(=O)OCC(C)CC)cc3)cc2)cc1. The van der Waals surface area contributed by atoms with E-state index in [1.54, 1.807) is 36.4 Å². The Morgan fingerprint density at radius 1 is 0.556 bits per heavy atom. The number of aryl methyl sites for hydroxylation is 1. The van der Waals surface area contributed by atoms with Gasteiger partial charge in [-0.3, -0.25) is 0 Å². The first kappa shape index (κ1) is 36.1. The van der Waals surface area contributed by atoms with Crippen LogP contribution in [0.25, 0.3) is 11.1 Å². The number of hydrogen-bond acceptors (Lipinski definition) is 4. The quantitative estimate of drug-likeness (QED) is 0.0643. The maximum atomic E-state index is 12.7. The highest BCUT2D eigenvalue weighted by Crippen LogP contribution is 2.23. The molecule has 0 spiro atoms. The normalized spacial score (nSPS) is 11.7. The fraction of sp³-hybridized carbons (Fsp3) is 0.512. The van der Waals surface area contributed by atoms with E-state index in [9.17, 15) is 9.59 Å². The first-order valence-electron chi connectivity index (χ1n) is 17.7. The van der Waals surface area contributed by atoms with E-state index < -0.39 is 5.97 Å². The van der Waals surface area contributed by atoms with Gasteiger partial charge in [-0.15, -0.1) is 0 Å². The number of unbranched alkanes of at least 4 members (excludes halogenated alkanes) is 13. The summed E-state index contributed by atoms with van der Waals surface area (Å²) in [7, 11) is 0. The lowest BCUT2D eigenvalue weighted by atomic mass is 10.00. The molecule has 0 saturated heterocycles. The van der Waals surface area contributed by atoms with Crippen LogP contribution in [0.2, 0.25) is 0 Å². The zero-order chi connectivity index (χ0) is 32.1. The molecule has 0 fully saturated rings. The molecular weight excluding hydrogens is 556 g/mol. The van der Waals surface area contributed by atoms with Gasteiger partial charge in [0.15, 0.2) is 0 Å². The first-order chi connectivity index (χ1) is 22.0. The second-order valence-electron chi connectivity index (χ2n) is 12.6. The van der Waals surface area contributed by atoms with Crippen molar-refractivity contribution >= 4 is 11.9 Å². The maximum absolute atomic E-state index is 12.7. The fourth-order valence-corrected chi connectivity index (χ4v) is 5.43. The monoisotopic (exact) mass is 612 g/mol. The van der Waals surface area contributed by atoms with Crippen LogP contribution in [0.4, 0.5) is 0 Å². The lowest BCUT2D eigenvalue weighted by Crippen LogP contribution is -2.12. The summed E-state index contributed by atoms with van der Waals surface area (Å²) in [6, 6.07) is 22.8. The summed E-state index contributed by atoms with van der Waals surface area (Å²) < 4.78 is 10.9. The standard InChI is InChI=1S/C41H56O4/c1-4-6-7-8-9-10-11-12-13-14-15-16-17-18-19-34-20-22-35(23-21-34)36-24-26-38(27-25-36)41(43)45-39-30-28-37(29-31-39)40(42)44-32-33(3)5-2/h20-31,33H,4-19,32H2,1-3H3. The van der Waals surface area contributed by atoms with Gasteiger partial charge < -0.3 is 9.47 Å². The van der Waals surface area contributed by atoms with E-state index in [0.29, 0.717) is 29.4 Å². The molecule has 0 aliphatic heterocycles. The summed E-state index contributed by atoms with van der Waals surface area (Å²) in [6.07, 6.45) is 21.5. The minimum Gasteiger partial charge on any atom is -0.462 e. The molecule has 244 valence electrons. The molecule has 4 nitrogen and oxygen atoms in total. The van der Waals surface area contributed by atoms with Gasteiger partial charge in [-0.05, 0) is 71.8 Å². The molecule has 0 amide bonds. The zero-order valence-corrected chi connectivity index (χ0v) is 28.2. The van der Waals surface area contributed by atoms with Crippen molar-refractivity contribution in [2.45, 2.75) is 124 Å². The van der Waals surface area contributed by atoms with E-state index in [0.717, 1.165) is 24.0 Å². The number of benzene rings is 3. The minimum atomic E-state index is -0.433. The third-order valence-electron chi connectivity index (χ3n) is 8.72. The van der Waals surface area contributed by atoms with Gasteiger partial charge in [-0.2, -0.15) is 0 Å². The highest BCUT2D eigenvalue weighted by molar-refractivity contribution is 5.92. The Kier molecular flexibility index (Phi) is 17.1. The average molecular weight is 613 g/mol. The fourth-order valence-electron chi connectivity index (χ4n) is 5.43. The van der Waals surface area contributed by atoms with Crippen LogP contribution in [0.3, 0.4) is 0 Å². The van der Waals surface area contributed by atoms with Gasteiger partial charge in [0, 0.05) is 0 Å². The zero-order valence-electron chi connectivity index (χ0n) is 28.2. The van der Waals surface area contributed by atoms with Gasteiger partial charge >= 0.3 is 11.9 Å². The molecule has 0 bridgehead atoms. The van der Waals surface area contributed by atoms with Crippen LogP contribution >= 0.6 is 0 Å². The van der Waals surface area contributed by atoms with E-state index in [4.69, 9.17) is 9.47 Å². The third kappa shape index (κ3) is 14.1. The van der Waals surface area contributed by atoms with Crippen molar-refractivity contribution < 1.29 is 19.1 Å². The first-order valence-corrected chi connectivity index (χ1v) is 17.7. The number of hydrogen-bond donors (Lipinski definition) is 0. The summed E-state index contributed by atoms with van der Waals surface area (Å²) in [4.78, 5) is 24.9. The second-order valence-corrected chi connectivity index (χ2v) is 12.6. The Hall–Kier alpha value is -3.40. The van der Waals surface area contributed by atoms with Gasteiger partial charge in [0.25, 0.3) is 0 Å². The number of esters is 2. The molecule has 3 rings (SSSR count). The number of carbonyl (C=O) groups excluding carboxylic acids is 2. The van der Waals surface area contributed by atoms with Gasteiger partial charge in [0.2, 0.25) is 0 Å². The van der Waals surface area contributed by atoms with Gasteiger partial charge in [0.05, 0.1) is 17.7 Å². The largest absolute Gasteiger partial charge is 0.462 e.